The summed E-state index contributed by atoms with van der Waals surface area (Å²) in [6.07, 6.45) is -0.302. The number of piperazine rings is 1. The molecule has 0 aromatic heterocycles. The largest absolute Gasteiger partial charge is 0.444 e. The molecule has 1 fully saturated rings. The minimum atomic E-state index is -3.60. The summed E-state index contributed by atoms with van der Waals surface area (Å²) in [4.78, 5) is 16.0. The molecular formula is C16H22ClIN2O4S. The lowest BCUT2D eigenvalue weighted by Crippen LogP contribution is -2.50. The van der Waals surface area contributed by atoms with Crippen LogP contribution < -0.4 is 4.90 Å². The highest BCUT2D eigenvalue weighted by molar-refractivity contribution is 14.1. The molecule has 0 spiro atoms. The van der Waals surface area contributed by atoms with Crippen LogP contribution in [0, 0.1) is 3.57 Å². The van der Waals surface area contributed by atoms with Gasteiger partial charge in [-0.15, -0.1) is 0 Å². The third-order valence-electron chi connectivity index (χ3n) is 3.58. The van der Waals surface area contributed by atoms with Crippen LogP contribution in [0.25, 0.3) is 0 Å². The highest BCUT2D eigenvalue weighted by Gasteiger charge is 2.26. The summed E-state index contributed by atoms with van der Waals surface area (Å²) in [5.41, 5.74) is 1.09. The normalized spacial score (nSPS) is 16.0. The van der Waals surface area contributed by atoms with Crippen molar-refractivity contribution in [1.82, 2.24) is 4.90 Å². The van der Waals surface area contributed by atoms with Gasteiger partial charge in [0.25, 0.3) is 0 Å². The number of hydrogen-bond donors (Lipinski definition) is 0. The van der Waals surface area contributed by atoms with E-state index in [-0.39, 0.29) is 11.8 Å². The molecule has 1 aromatic carbocycles. The minimum absolute atomic E-state index is 0.198. The molecule has 9 heteroatoms. The summed E-state index contributed by atoms with van der Waals surface area (Å²) in [6.45, 7) is 7.98. The third-order valence-corrected chi connectivity index (χ3v) is 5.21. The van der Waals surface area contributed by atoms with Crippen LogP contribution in [0.4, 0.5) is 10.5 Å². The maximum absolute atomic E-state index is 12.1. The van der Waals surface area contributed by atoms with Crippen LogP contribution in [-0.4, -0.2) is 51.2 Å². The maximum atomic E-state index is 12.1. The Balaban J connectivity index is 2.04. The van der Waals surface area contributed by atoms with E-state index in [1.165, 1.54) is 0 Å². The molecule has 0 bridgehead atoms. The van der Waals surface area contributed by atoms with Crippen molar-refractivity contribution in [1.29, 1.82) is 0 Å². The number of carbonyl (C=O) groups is 1. The van der Waals surface area contributed by atoms with Crippen molar-refractivity contribution in [2.24, 2.45) is 0 Å². The first-order valence-corrected chi connectivity index (χ1v) is 11.4. The fourth-order valence-electron chi connectivity index (χ4n) is 2.57. The molecule has 2 rings (SSSR count). The lowest BCUT2D eigenvalue weighted by atomic mass is 10.2. The average molecular weight is 501 g/mol. The van der Waals surface area contributed by atoms with Gasteiger partial charge in [-0.1, -0.05) is 0 Å². The van der Waals surface area contributed by atoms with E-state index >= 15 is 0 Å². The molecule has 6 nitrogen and oxygen atoms in total. The number of nitrogens with zero attached hydrogens (tertiary/aromatic N) is 2. The standard InChI is InChI=1S/C16H22ClIN2O4S/c1-16(2,3)24-15(21)20-6-4-19(5-7-20)14-9-12(8-13(18)10-14)11-25(17,22)23/h8-10H,4-7,11H2,1-3H3. The van der Waals surface area contributed by atoms with E-state index in [2.05, 4.69) is 27.5 Å². The predicted molar refractivity (Wildman–Crippen MR) is 108 cm³/mol. The van der Waals surface area contributed by atoms with Crippen LogP contribution in [-0.2, 0) is 19.5 Å². The van der Waals surface area contributed by atoms with Crippen molar-refractivity contribution in [3.8, 4) is 0 Å². The number of carbonyl (C=O) groups excluding carboxylic acids is 1. The van der Waals surface area contributed by atoms with Crippen molar-refractivity contribution >= 4 is 54.1 Å². The Bertz CT molecular complexity index is 741. The van der Waals surface area contributed by atoms with E-state index < -0.39 is 14.7 Å². The van der Waals surface area contributed by atoms with Gasteiger partial charge >= 0.3 is 6.09 Å². The molecule has 1 heterocycles. The minimum Gasteiger partial charge on any atom is -0.444 e. The van der Waals surface area contributed by atoms with Gasteiger partial charge in [-0.25, -0.2) is 13.2 Å². The first-order valence-electron chi connectivity index (χ1n) is 7.88. The summed E-state index contributed by atoms with van der Waals surface area (Å²) >= 11 is 2.16. The molecule has 0 atom stereocenters. The zero-order valence-corrected chi connectivity index (χ0v) is 18.2. The van der Waals surface area contributed by atoms with Gasteiger partial charge in [0, 0.05) is 46.1 Å². The maximum Gasteiger partial charge on any atom is 0.410 e. The first kappa shape index (κ1) is 20.6. The molecule has 0 unspecified atom stereocenters. The van der Waals surface area contributed by atoms with E-state index in [9.17, 15) is 13.2 Å². The Morgan fingerprint density at radius 2 is 1.80 bits per heavy atom. The number of amides is 1. The molecule has 0 saturated carbocycles. The SMILES string of the molecule is CC(C)(C)OC(=O)N1CCN(c2cc(I)cc(CS(=O)(=O)Cl)c2)CC1. The van der Waals surface area contributed by atoms with Gasteiger partial charge in [0.2, 0.25) is 9.05 Å². The van der Waals surface area contributed by atoms with Crippen molar-refractivity contribution < 1.29 is 17.9 Å². The predicted octanol–water partition coefficient (Wildman–Crippen LogP) is 3.42. The fourth-order valence-corrected chi connectivity index (χ4v) is 4.23. The Morgan fingerprint density at radius 3 is 2.32 bits per heavy atom. The first-order chi connectivity index (χ1) is 11.4. The molecule has 1 saturated heterocycles. The number of halogens is 2. The van der Waals surface area contributed by atoms with Crippen molar-refractivity contribution in [2.75, 3.05) is 31.1 Å². The zero-order chi connectivity index (χ0) is 18.8. The molecule has 0 N–H and O–H groups in total. The van der Waals surface area contributed by atoms with Crippen LogP contribution in [0.3, 0.4) is 0 Å². The Hall–Kier alpha value is -0.740. The van der Waals surface area contributed by atoms with Gasteiger partial charge in [0.15, 0.2) is 0 Å². The van der Waals surface area contributed by atoms with Gasteiger partial charge < -0.3 is 14.5 Å². The van der Waals surface area contributed by atoms with Crippen LogP contribution in [0.1, 0.15) is 26.3 Å². The second kappa shape index (κ2) is 7.87. The van der Waals surface area contributed by atoms with Gasteiger partial charge in [-0.3, -0.25) is 0 Å². The number of hydrogen-bond acceptors (Lipinski definition) is 5. The second-order valence-corrected chi connectivity index (χ2v) is 11.0. The van der Waals surface area contributed by atoms with Gasteiger partial charge in [0.1, 0.15) is 5.60 Å². The summed E-state index contributed by atoms with van der Waals surface area (Å²) in [7, 11) is 1.77. The molecule has 0 aliphatic carbocycles. The lowest BCUT2D eigenvalue weighted by molar-refractivity contribution is 0.0240. The molecule has 1 aromatic rings. The molecule has 25 heavy (non-hydrogen) atoms. The summed E-state index contributed by atoms with van der Waals surface area (Å²) in [6, 6.07) is 5.64. The number of anilines is 1. The zero-order valence-electron chi connectivity index (χ0n) is 14.5. The monoisotopic (exact) mass is 500 g/mol. The Morgan fingerprint density at radius 1 is 1.20 bits per heavy atom. The van der Waals surface area contributed by atoms with Crippen LogP contribution >= 0.6 is 33.3 Å². The number of rotatable bonds is 3. The smallest absolute Gasteiger partial charge is 0.410 e. The highest BCUT2D eigenvalue weighted by atomic mass is 127. The molecular weight excluding hydrogens is 479 g/mol. The van der Waals surface area contributed by atoms with E-state index in [0.29, 0.717) is 31.7 Å². The summed E-state index contributed by atoms with van der Waals surface area (Å²) < 4.78 is 29.0. The van der Waals surface area contributed by atoms with Crippen LogP contribution in [0.5, 0.6) is 0 Å². The number of ether oxygens (including phenoxy) is 1. The number of benzene rings is 1. The van der Waals surface area contributed by atoms with Crippen molar-refractivity contribution in [3.05, 3.63) is 27.3 Å². The fraction of sp³-hybridized carbons (Fsp3) is 0.562. The Kier molecular flexibility index (Phi) is 6.48. The van der Waals surface area contributed by atoms with Crippen molar-refractivity contribution in [3.63, 3.8) is 0 Å². The third kappa shape index (κ3) is 6.82. The molecule has 0 radical (unpaired) electrons. The van der Waals surface area contributed by atoms with E-state index in [1.807, 2.05) is 32.9 Å². The summed E-state index contributed by atoms with van der Waals surface area (Å²) in [5.74, 6) is -0.198. The second-order valence-electron chi connectivity index (χ2n) is 6.96. The summed E-state index contributed by atoms with van der Waals surface area (Å²) in [5, 5.41) is 0. The van der Waals surface area contributed by atoms with E-state index in [4.69, 9.17) is 15.4 Å². The average Bonchev–Trinajstić information content (AvgIpc) is 2.43. The van der Waals surface area contributed by atoms with Crippen LogP contribution in [0.2, 0.25) is 0 Å². The quantitative estimate of drug-likeness (QED) is 0.470. The van der Waals surface area contributed by atoms with Gasteiger partial charge in [-0.2, -0.15) is 0 Å². The van der Waals surface area contributed by atoms with Gasteiger partial charge in [-0.05, 0) is 67.1 Å². The topological polar surface area (TPSA) is 66.9 Å². The van der Waals surface area contributed by atoms with Gasteiger partial charge in [0.05, 0.1) is 5.75 Å². The van der Waals surface area contributed by atoms with Crippen molar-refractivity contribution in [2.45, 2.75) is 32.1 Å². The Labute approximate surface area is 167 Å². The van der Waals surface area contributed by atoms with Crippen LogP contribution in [0.15, 0.2) is 18.2 Å². The molecule has 1 aliphatic rings. The molecule has 1 aliphatic heterocycles. The molecule has 1 amide bonds. The molecule has 140 valence electrons. The lowest BCUT2D eigenvalue weighted by Gasteiger charge is -2.37. The highest BCUT2D eigenvalue weighted by Crippen LogP contribution is 2.24. The van der Waals surface area contributed by atoms with E-state index in [0.717, 1.165) is 9.26 Å². The van der Waals surface area contributed by atoms with E-state index in [1.54, 1.807) is 11.0 Å².